The molecule has 4 aromatic rings. The molecule has 0 bridgehead atoms. The fraction of sp³-hybridized carbons (Fsp3) is 0.286. The SMILES string of the molecule is O=C(NS(=O)(=O)N1CCC(NCCSc2ccccc2)CC1)c1ccc(NCCNCc2ccccc2-c2ccc(Cl)cc2)cc1. The quantitative estimate of drug-likeness (QED) is 0.0901. The third-order valence-electron chi connectivity index (χ3n) is 7.83. The summed E-state index contributed by atoms with van der Waals surface area (Å²) in [4.78, 5) is 14.0. The molecule has 1 heterocycles. The number of hydrogen-bond donors (Lipinski definition) is 4. The van der Waals surface area contributed by atoms with E-state index < -0.39 is 16.1 Å². The molecule has 0 spiro atoms. The van der Waals surface area contributed by atoms with Crippen LogP contribution in [0.1, 0.15) is 28.8 Å². The first-order valence-corrected chi connectivity index (χ1v) is 18.3. The molecule has 1 saturated heterocycles. The summed E-state index contributed by atoms with van der Waals surface area (Å²) >= 11 is 7.85. The highest BCUT2D eigenvalue weighted by Crippen LogP contribution is 2.25. The minimum Gasteiger partial charge on any atom is -0.384 e. The van der Waals surface area contributed by atoms with E-state index in [-0.39, 0.29) is 6.04 Å². The van der Waals surface area contributed by atoms with Gasteiger partial charge in [-0.25, -0.2) is 4.72 Å². The van der Waals surface area contributed by atoms with Crippen molar-refractivity contribution >= 4 is 45.2 Å². The Hall–Kier alpha value is -3.38. The van der Waals surface area contributed by atoms with Gasteiger partial charge in [-0.05, 0) is 78.1 Å². The molecule has 4 aromatic carbocycles. The van der Waals surface area contributed by atoms with Gasteiger partial charge in [-0.15, -0.1) is 11.8 Å². The Morgan fingerprint density at radius 3 is 2.26 bits per heavy atom. The molecule has 0 atom stereocenters. The second-order valence-corrected chi connectivity index (χ2v) is 14.3. The number of hydrogen-bond acceptors (Lipinski definition) is 7. The molecule has 0 aromatic heterocycles. The zero-order valence-electron chi connectivity index (χ0n) is 25.6. The van der Waals surface area contributed by atoms with Crippen LogP contribution in [0.25, 0.3) is 11.1 Å². The second kappa shape index (κ2) is 17.0. The average molecular weight is 678 g/mol. The van der Waals surface area contributed by atoms with Gasteiger partial charge in [0, 0.05) is 72.2 Å². The maximum Gasteiger partial charge on any atom is 0.304 e. The van der Waals surface area contributed by atoms with Crippen LogP contribution in [0.2, 0.25) is 5.02 Å². The van der Waals surface area contributed by atoms with E-state index in [9.17, 15) is 13.2 Å². The first kappa shape index (κ1) is 34.0. The topological polar surface area (TPSA) is 103 Å². The second-order valence-electron chi connectivity index (χ2n) is 11.1. The molecular formula is C35H40ClN5O3S2. The predicted molar refractivity (Wildman–Crippen MR) is 190 cm³/mol. The third kappa shape index (κ3) is 10.1. The van der Waals surface area contributed by atoms with E-state index in [1.54, 1.807) is 36.0 Å². The summed E-state index contributed by atoms with van der Waals surface area (Å²) in [6, 6.07) is 33.5. The van der Waals surface area contributed by atoms with Crippen LogP contribution in [-0.4, -0.2) is 63.1 Å². The number of benzene rings is 4. The van der Waals surface area contributed by atoms with E-state index in [1.165, 1.54) is 20.3 Å². The predicted octanol–water partition coefficient (Wildman–Crippen LogP) is 6.03. The molecule has 0 saturated carbocycles. The van der Waals surface area contributed by atoms with E-state index in [0.29, 0.717) is 43.1 Å². The number of carbonyl (C=O) groups excluding carboxylic acids is 1. The van der Waals surface area contributed by atoms with Gasteiger partial charge in [0.1, 0.15) is 0 Å². The van der Waals surface area contributed by atoms with Crippen molar-refractivity contribution in [1.29, 1.82) is 0 Å². The molecule has 11 heteroatoms. The molecule has 8 nitrogen and oxygen atoms in total. The van der Waals surface area contributed by atoms with Crippen LogP contribution in [-0.2, 0) is 16.8 Å². The lowest BCUT2D eigenvalue weighted by Crippen LogP contribution is -2.50. The number of amides is 1. The fourth-order valence-corrected chi connectivity index (χ4v) is 7.44. The Morgan fingerprint density at radius 2 is 1.52 bits per heavy atom. The number of anilines is 1. The summed E-state index contributed by atoms with van der Waals surface area (Å²) in [6.07, 6.45) is 1.41. The number of halogens is 1. The number of rotatable bonds is 15. The van der Waals surface area contributed by atoms with Crippen molar-refractivity contribution in [3.63, 3.8) is 0 Å². The Bertz CT molecular complexity index is 1650. The molecule has 0 aliphatic carbocycles. The molecule has 4 N–H and O–H groups in total. The van der Waals surface area contributed by atoms with Gasteiger partial charge >= 0.3 is 10.2 Å². The highest BCUT2D eigenvalue weighted by molar-refractivity contribution is 7.99. The van der Waals surface area contributed by atoms with E-state index in [1.807, 2.05) is 54.6 Å². The summed E-state index contributed by atoms with van der Waals surface area (Å²) in [5.41, 5.74) is 4.63. The first-order valence-electron chi connectivity index (χ1n) is 15.5. The first-order chi connectivity index (χ1) is 22.4. The van der Waals surface area contributed by atoms with Gasteiger partial charge in [0.2, 0.25) is 0 Å². The zero-order chi connectivity index (χ0) is 32.2. The van der Waals surface area contributed by atoms with Crippen molar-refractivity contribution in [2.24, 2.45) is 0 Å². The van der Waals surface area contributed by atoms with Crippen molar-refractivity contribution < 1.29 is 13.2 Å². The Labute approximate surface area is 281 Å². The summed E-state index contributed by atoms with van der Waals surface area (Å²) in [5.74, 6) is 0.315. The summed E-state index contributed by atoms with van der Waals surface area (Å²) < 4.78 is 29.5. The number of carbonyl (C=O) groups is 1. The zero-order valence-corrected chi connectivity index (χ0v) is 28.0. The monoisotopic (exact) mass is 677 g/mol. The minimum absolute atomic E-state index is 0.263. The smallest absolute Gasteiger partial charge is 0.304 e. The number of thioether (sulfide) groups is 1. The molecule has 0 unspecified atom stereocenters. The summed E-state index contributed by atoms with van der Waals surface area (Å²) in [6.45, 7) is 3.73. The molecular weight excluding hydrogens is 638 g/mol. The summed E-state index contributed by atoms with van der Waals surface area (Å²) in [7, 11) is -3.92. The average Bonchev–Trinajstić information content (AvgIpc) is 3.08. The lowest BCUT2D eigenvalue weighted by Gasteiger charge is -2.31. The van der Waals surface area contributed by atoms with Crippen LogP contribution < -0.4 is 20.7 Å². The molecule has 1 aliphatic heterocycles. The van der Waals surface area contributed by atoms with Crippen LogP contribution in [0.3, 0.4) is 0 Å². The minimum atomic E-state index is -3.92. The van der Waals surface area contributed by atoms with Crippen LogP contribution in [0.5, 0.6) is 0 Å². The Morgan fingerprint density at radius 1 is 0.826 bits per heavy atom. The molecule has 46 heavy (non-hydrogen) atoms. The number of nitrogens with zero attached hydrogens (tertiary/aromatic N) is 1. The van der Waals surface area contributed by atoms with Crippen molar-refractivity contribution in [3.8, 4) is 11.1 Å². The Kier molecular flexibility index (Phi) is 12.5. The van der Waals surface area contributed by atoms with E-state index >= 15 is 0 Å². The van der Waals surface area contributed by atoms with Crippen LogP contribution >= 0.6 is 23.4 Å². The maximum atomic E-state index is 12.9. The molecule has 242 valence electrons. The molecule has 1 fully saturated rings. The summed E-state index contributed by atoms with van der Waals surface area (Å²) in [5, 5.41) is 11.1. The van der Waals surface area contributed by atoms with Crippen molar-refractivity contribution in [2.45, 2.75) is 30.3 Å². The van der Waals surface area contributed by atoms with Gasteiger partial charge in [0.15, 0.2) is 0 Å². The van der Waals surface area contributed by atoms with Gasteiger partial charge in [0.25, 0.3) is 5.91 Å². The van der Waals surface area contributed by atoms with Gasteiger partial charge in [-0.3, -0.25) is 4.79 Å². The normalized spacial score (nSPS) is 14.2. The van der Waals surface area contributed by atoms with Crippen LogP contribution in [0.4, 0.5) is 5.69 Å². The van der Waals surface area contributed by atoms with E-state index in [0.717, 1.165) is 36.6 Å². The lowest BCUT2D eigenvalue weighted by atomic mass is 10.00. The van der Waals surface area contributed by atoms with Crippen molar-refractivity contribution in [3.05, 3.63) is 119 Å². The van der Waals surface area contributed by atoms with Crippen LogP contribution in [0.15, 0.2) is 108 Å². The largest absolute Gasteiger partial charge is 0.384 e. The molecule has 0 radical (unpaired) electrons. The van der Waals surface area contributed by atoms with Gasteiger partial charge in [0.05, 0.1) is 0 Å². The highest BCUT2D eigenvalue weighted by Gasteiger charge is 2.29. The van der Waals surface area contributed by atoms with Crippen molar-refractivity contribution in [2.75, 3.05) is 43.8 Å². The van der Waals surface area contributed by atoms with Gasteiger partial charge < -0.3 is 16.0 Å². The Balaban J connectivity index is 0.998. The van der Waals surface area contributed by atoms with Gasteiger partial charge in [-0.1, -0.05) is 66.2 Å². The van der Waals surface area contributed by atoms with Crippen LogP contribution in [0, 0.1) is 0 Å². The van der Waals surface area contributed by atoms with Crippen molar-refractivity contribution in [1.82, 2.24) is 19.7 Å². The highest BCUT2D eigenvalue weighted by atomic mass is 35.5. The van der Waals surface area contributed by atoms with E-state index in [2.05, 4.69) is 44.9 Å². The number of nitrogens with one attached hydrogen (secondary N) is 4. The lowest BCUT2D eigenvalue weighted by molar-refractivity contribution is 0.0978. The number of piperidine rings is 1. The van der Waals surface area contributed by atoms with E-state index in [4.69, 9.17) is 11.6 Å². The molecule has 1 amide bonds. The fourth-order valence-electron chi connectivity index (χ4n) is 5.33. The standard InChI is InChI=1S/C35H40ClN5O3S2/c36-30-14-10-27(11-15-30)34-9-5-4-6-29(34)26-37-20-21-38-31-16-12-28(13-17-31)35(42)40-46(43,44)41-23-18-32(19-24-41)39-22-25-45-33-7-2-1-3-8-33/h1-17,32,37-39H,18-26H2,(H,40,42). The molecule has 5 rings (SSSR count). The molecule has 1 aliphatic rings. The van der Waals surface area contributed by atoms with Gasteiger partial charge in [-0.2, -0.15) is 12.7 Å². The third-order valence-corrected chi connectivity index (χ3v) is 10.6. The maximum absolute atomic E-state index is 12.9.